The molecular formula is C12H15NO3. The van der Waals surface area contributed by atoms with Gasteiger partial charge in [0.2, 0.25) is 6.79 Å². The lowest BCUT2D eigenvalue weighted by Gasteiger charge is -2.29. The SMILES string of the molecule is CC1CNC(c2cccc3c2OCO3)CO1. The maximum Gasteiger partial charge on any atom is 0.231 e. The second kappa shape index (κ2) is 3.96. The molecule has 16 heavy (non-hydrogen) atoms. The Morgan fingerprint density at radius 2 is 2.25 bits per heavy atom. The molecule has 2 heterocycles. The zero-order valence-electron chi connectivity index (χ0n) is 9.23. The van der Waals surface area contributed by atoms with E-state index < -0.39 is 0 Å². The molecule has 2 aliphatic rings. The molecule has 1 aromatic carbocycles. The Balaban J connectivity index is 1.87. The Morgan fingerprint density at radius 1 is 1.31 bits per heavy atom. The fourth-order valence-electron chi connectivity index (χ4n) is 2.11. The van der Waals surface area contributed by atoms with Crippen molar-refractivity contribution in [2.75, 3.05) is 19.9 Å². The van der Waals surface area contributed by atoms with Gasteiger partial charge in [-0.15, -0.1) is 0 Å². The molecule has 0 radical (unpaired) electrons. The number of hydrogen-bond acceptors (Lipinski definition) is 4. The number of rotatable bonds is 1. The molecule has 0 amide bonds. The van der Waals surface area contributed by atoms with E-state index in [9.17, 15) is 0 Å². The van der Waals surface area contributed by atoms with Gasteiger partial charge >= 0.3 is 0 Å². The van der Waals surface area contributed by atoms with Gasteiger partial charge in [0.1, 0.15) is 0 Å². The summed E-state index contributed by atoms with van der Waals surface area (Å²) in [7, 11) is 0. The van der Waals surface area contributed by atoms with E-state index in [1.165, 1.54) is 0 Å². The van der Waals surface area contributed by atoms with Crippen molar-refractivity contribution in [2.45, 2.75) is 19.1 Å². The minimum absolute atomic E-state index is 0.202. The van der Waals surface area contributed by atoms with Gasteiger partial charge in [0.25, 0.3) is 0 Å². The van der Waals surface area contributed by atoms with Gasteiger partial charge in [-0.1, -0.05) is 12.1 Å². The number of nitrogens with one attached hydrogen (secondary N) is 1. The van der Waals surface area contributed by atoms with Crippen molar-refractivity contribution in [2.24, 2.45) is 0 Å². The summed E-state index contributed by atoms with van der Waals surface area (Å²) in [5, 5.41) is 3.45. The van der Waals surface area contributed by atoms with Crippen LogP contribution in [0.25, 0.3) is 0 Å². The van der Waals surface area contributed by atoms with Crippen LogP contribution in [-0.4, -0.2) is 26.0 Å². The summed E-state index contributed by atoms with van der Waals surface area (Å²) < 4.78 is 16.5. The molecule has 2 atom stereocenters. The van der Waals surface area contributed by atoms with Crippen molar-refractivity contribution in [3.63, 3.8) is 0 Å². The number of ether oxygens (including phenoxy) is 3. The van der Waals surface area contributed by atoms with Gasteiger partial charge < -0.3 is 19.5 Å². The van der Waals surface area contributed by atoms with Crippen LogP contribution >= 0.6 is 0 Å². The number of fused-ring (bicyclic) bond motifs is 1. The quantitative estimate of drug-likeness (QED) is 0.779. The highest BCUT2D eigenvalue weighted by molar-refractivity contribution is 5.49. The van der Waals surface area contributed by atoms with Gasteiger partial charge in [-0.25, -0.2) is 0 Å². The van der Waals surface area contributed by atoms with E-state index in [1.807, 2.05) is 12.1 Å². The summed E-state index contributed by atoms with van der Waals surface area (Å²) >= 11 is 0. The summed E-state index contributed by atoms with van der Waals surface area (Å²) in [4.78, 5) is 0. The van der Waals surface area contributed by atoms with Crippen LogP contribution in [0, 0.1) is 0 Å². The summed E-state index contributed by atoms with van der Waals surface area (Å²) in [6.45, 7) is 3.94. The van der Waals surface area contributed by atoms with Crippen LogP contribution in [0.1, 0.15) is 18.5 Å². The van der Waals surface area contributed by atoms with Crippen molar-refractivity contribution in [1.82, 2.24) is 5.32 Å². The molecule has 86 valence electrons. The third-order valence-corrected chi connectivity index (χ3v) is 3.00. The van der Waals surface area contributed by atoms with Crippen molar-refractivity contribution in [1.29, 1.82) is 0 Å². The van der Waals surface area contributed by atoms with Crippen LogP contribution < -0.4 is 14.8 Å². The Kier molecular flexibility index (Phi) is 2.46. The van der Waals surface area contributed by atoms with Crippen molar-refractivity contribution < 1.29 is 14.2 Å². The highest BCUT2D eigenvalue weighted by Gasteiger charge is 2.26. The minimum atomic E-state index is 0.202. The molecule has 3 rings (SSSR count). The molecule has 1 N–H and O–H groups in total. The Morgan fingerprint density at radius 3 is 3.06 bits per heavy atom. The van der Waals surface area contributed by atoms with Gasteiger partial charge in [-0.3, -0.25) is 0 Å². The molecule has 1 saturated heterocycles. The molecule has 0 aromatic heterocycles. The molecule has 2 unspecified atom stereocenters. The van der Waals surface area contributed by atoms with E-state index in [2.05, 4.69) is 18.3 Å². The first-order valence-corrected chi connectivity index (χ1v) is 5.58. The summed E-state index contributed by atoms with van der Waals surface area (Å²) in [5.41, 5.74) is 1.13. The largest absolute Gasteiger partial charge is 0.454 e. The first-order valence-electron chi connectivity index (χ1n) is 5.58. The van der Waals surface area contributed by atoms with Crippen LogP contribution in [0.5, 0.6) is 11.5 Å². The Labute approximate surface area is 94.5 Å². The van der Waals surface area contributed by atoms with Crippen LogP contribution in [0.2, 0.25) is 0 Å². The lowest BCUT2D eigenvalue weighted by Crippen LogP contribution is -2.39. The monoisotopic (exact) mass is 221 g/mol. The highest BCUT2D eigenvalue weighted by Crippen LogP contribution is 2.38. The van der Waals surface area contributed by atoms with Crippen LogP contribution in [0.3, 0.4) is 0 Å². The second-order valence-electron chi connectivity index (χ2n) is 4.19. The normalized spacial score (nSPS) is 28.1. The van der Waals surface area contributed by atoms with E-state index in [4.69, 9.17) is 14.2 Å². The molecule has 4 nitrogen and oxygen atoms in total. The minimum Gasteiger partial charge on any atom is -0.454 e. The van der Waals surface area contributed by atoms with E-state index in [0.717, 1.165) is 23.6 Å². The molecule has 0 aliphatic carbocycles. The van der Waals surface area contributed by atoms with E-state index >= 15 is 0 Å². The maximum atomic E-state index is 5.65. The molecule has 1 aromatic rings. The topological polar surface area (TPSA) is 39.7 Å². The summed E-state index contributed by atoms with van der Waals surface area (Å²) in [5.74, 6) is 1.69. The molecule has 1 fully saturated rings. The van der Waals surface area contributed by atoms with Gasteiger partial charge in [0, 0.05) is 12.1 Å². The third kappa shape index (κ3) is 1.64. The predicted molar refractivity (Wildman–Crippen MR) is 58.7 cm³/mol. The predicted octanol–water partition coefficient (Wildman–Crippen LogP) is 1.46. The van der Waals surface area contributed by atoms with Crippen LogP contribution in [-0.2, 0) is 4.74 Å². The average Bonchev–Trinajstić information content (AvgIpc) is 2.78. The van der Waals surface area contributed by atoms with Gasteiger partial charge in [0.15, 0.2) is 11.5 Å². The number of hydrogen-bond donors (Lipinski definition) is 1. The fourth-order valence-corrected chi connectivity index (χ4v) is 2.11. The summed E-state index contributed by atoms with van der Waals surface area (Å²) in [6.07, 6.45) is 0.283. The van der Waals surface area contributed by atoms with Crippen LogP contribution in [0.4, 0.5) is 0 Å². The Bertz CT molecular complexity index is 386. The zero-order valence-corrected chi connectivity index (χ0v) is 9.23. The smallest absolute Gasteiger partial charge is 0.231 e. The Hall–Kier alpha value is -1.26. The lowest BCUT2D eigenvalue weighted by atomic mass is 10.0. The molecule has 0 spiro atoms. The zero-order chi connectivity index (χ0) is 11.0. The highest BCUT2D eigenvalue weighted by atomic mass is 16.7. The molecule has 0 bridgehead atoms. The molecule has 4 heteroatoms. The fraction of sp³-hybridized carbons (Fsp3) is 0.500. The lowest BCUT2D eigenvalue weighted by molar-refractivity contribution is 0.0143. The molecule has 0 saturated carbocycles. The number of para-hydroxylation sites is 1. The van der Waals surface area contributed by atoms with Crippen molar-refractivity contribution in [3.05, 3.63) is 23.8 Å². The average molecular weight is 221 g/mol. The number of morpholine rings is 1. The number of benzene rings is 1. The van der Waals surface area contributed by atoms with Gasteiger partial charge in [-0.05, 0) is 13.0 Å². The van der Waals surface area contributed by atoms with Crippen molar-refractivity contribution in [3.8, 4) is 11.5 Å². The van der Waals surface area contributed by atoms with E-state index in [1.54, 1.807) is 0 Å². The first-order chi connectivity index (χ1) is 7.84. The van der Waals surface area contributed by atoms with E-state index in [-0.39, 0.29) is 12.1 Å². The maximum absolute atomic E-state index is 5.65. The third-order valence-electron chi connectivity index (χ3n) is 3.00. The summed E-state index contributed by atoms with van der Waals surface area (Å²) in [6, 6.07) is 6.18. The standard InChI is InChI=1S/C12H15NO3/c1-8-5-13-10(6-14-8)9-3-2-4-11-12(9)16-7-15-11/h2-4,8,10,13H,5-7H2,1H3. The van der Waals surface area contributed by atoms with Gasteiger partial charge in [-0.2, -0.15) is 0 Å². The second-order valence-corrected chi connectivity index (χ2v) is 4.19. The van der Waals surface area contributed by atoms with Crippen molar-refractivity contribution >= 4 is 0 Å². The van der Waals surface area contributed by atoms with E-state index in [0.29, 0.717) is 13.4 Å². The first kappa shape index (κ1) is 9.93. The molecule has 2 aliphatic heterocycles. The molecular weight excluding hydrogens is 206 g/mol. The van der Waals surface area contributed by atoms with Gasteiger partial charge in [0.05, 0.1) is 18.8 Å². The van der Waals surface area contributed by atoms with Crippen LogP contribution in [0.15, 0.2) is 18.2 Å².